The first kappa shape index (κ1) is 22.9. The fourth-order valence-corrected chi connectivity index (χ4v) is 3.31. The Morgan fingerprint density at radius 2 is 1.81 bits per heavy atom. The maximum Gasteiger partial charge on any atom is 0.245 e. The number of hydrogen-bond acceptors (Lipinski definition) is 5. The molecule has 1 fully saturated rings. The number of hydrogen-bond donors (Lipinski definition) is 4. The zero-order valence-electron chi connectivity index (χ0n) is 16.5. The number of primary amides is 1. The number of carbonyl (C=O) groups is 4. The average Bonchev–Trinajstić information content (AvgIpc) is 3.06. The highest BCUT2D eigenvalue weighted by Gasteiger charge is 2.38. The van der Waals surface area contributed by atoms with Gasteiger partial charge in [-0.05, 0) is 44.6 Å². The van der Waals surface area contributed by atoms with Crippen molar-refractivity contribution in [2.24, 2.45) is 17.4 Å². The highest BCUT2D eigenvalue weighted by Crippen LogP contribution is 2.20. The standard InChI is InChI=1S/C18H33N5O4/c1-11(2)15(16(20)25)22-17(26)14-8-6-10-23(14)18(27)13(21-12(3)24)7-4-5-9-19/h11,13-15H,4-10,19H2,1-3H3,(H2,20,25)(H,21,24)(H,22,26)/t13-,14+,15-/m1/s1. The molecule has 6 N–H and O–H groups in total. The summed E-state index contributed by atoms with van der Waals surface area (Å²) in [5.74, 6) is -1.72. The summed E-state index contributed by atoms with van der Waals surface area (Å²) in [5.41, 5.74) is 10.9. The third-order valence-electron chi connectivity index (χ3n) is 4.73. The summed E-state index contributed by atoms with van der Waals surface area (Å²) in [6, 6.07) is -2.13. The van der Waals surface area contributed by atoms with Crippen molar-refractivity contribution in [3.8, 4) is 0 Å². The summed E-state index contributed by atoms with van der Waals surface area (Å²) in [7, 11) is 0. The molecule has 9 heteroatoms. The van der Waals surface area contributed by atoms with Gasteiger partial charge in [0.1, 0.15) is 18.1 Å². The molecule has 0 unspecified atom stereocenters. The number of nitrogens with two attached hydrogens (primary N) is 2. The predicted molar refractivity (Wildman–Crippen MR) is 101 cm³/mol. The molecule has 1 saturated heterocycles. The molecule has 0 spiro atoms. The van der Waals surface area contributed by atoms with Gasteiger partial charge in [-0.2, -0.15) is 0 Å². The largest absolute Gasteiger partial charge is 0.368 e. The lowest BCUT2D eigenvalue weighted by molar-refractivity contribution is -0.142. The molecule has 1 aliphatic heterocycles. The molecular weight excluding hydrogens is 350 g/mol. The molecule has 0 bridgehead atoms. The Morgan fingerprint density at radius 1 is 1.15 bits per heavy atom. The van der Waals surface area contributed by atoms with E-state index in [1.165, 1.54) is 11.8 Å². The Morgan fingerprint density at radius 3 is 2.33 bits per heavy atom. The lowest BCUT2D eigenvalue weighted by Gasteiger charge is -2.30. The van der Waals surface area contributed by atoms with E-state index in [1.807, 2.05) is 0 Å². The molecule has 1 aliphatic rings. The summed E-state index contributed by atoms with van der Waals surface area (Å²) in [6.45, 7) is 5.89. The predicted octanol–water partition coefficient (Wildman–Crippen LogP) is -0.763. The average molecular weight is 383 g/mol. The molecule has 1 heterocycles. The van der Waals surface area contributed by atoms with Gasteiger partial charge in [0.25, 0.3) is 0 Å². The van der Waals surface area contributed by atoms with Crippen LogP contribution in [0.4, 0.5) is 0 Å². The number of amides is 4. The first-order valence-electron chi connectivity index (χ1n) is 9.56. The Bertz CT molecular complexity index is 552. The lowest BCUT2D eigenvalue weighted by Crippen LogP contribution is -2.56. The maximum atomic E-state index is 13.0. The van der Waals surface area contributed by atoms with Gasteiger partial charge in [0, 0.05) is 13.5 Å². The van der Waals surface area contributed by atoms with E-state index in [2.05, 4.69) is 10.6 Å². The monoisotopic (exact) mass is 383 g/mol. The molecule has 0 aromatic carbocycles. The van der Waals surface area contributed by atoms with Gasteiger partial charge in [0.15, 0.2) is 0 Å². The van der Waals surface area contributed by atoms with E-state index in [1.54, 1.807) is 13.8 Å². The van der Waals surface area contributed by atoms with Gasteiger partial charge in [-0.15, -0.1) is 0 Å². The highest BCUT2D eigenvalue weighted by molar-refractivity contribution is 5.94. The Balaban J connectivity index is 2.85. The van der Waals surface area contributed by atoms with E-state index in [0.717, 1.165) is 6.42 Å². The minimum absolute atomic E-state index is 0.152. The molecule has 0 aliphatic carbocycles. The van der Waals surface area contributed by atoms with Crippen molar-refractivity contribution < 1.29 is 19.2 Å². The Labute approximate surface area is 160 Å². The second kappa shape index (κ2) is 10.9. The van der Waals surface area contributed by atoms with Crippen LogP contribution in [0, 0.1) is 5.92 Å². The van der Waals surface area contributed by atoms with E-state index < -0.39 is 24.0 Å². The van der Waals surface area contributed by atoms with E-state index in [4.69, 9.17) is 11.5 Å². The van der Waals surface area contributed by atoms with Gasteiger partial charge in [-0.3, -0.25) is 19.2 Å². The van der Waals surface area contributed by atoms with E-state index in [-0.39, 0.29) is 23.6 Å². The summed E-state index contributed by atoms with van der Waals surface area (Å²) < 4.78 is 0. The van der Waals surface area contributed by atoms with Gasteiger partial charge >= 0.3 is 0 Å². The topological polar surface area (TPSA) is 148 Å². The lowest BCUT2D eigenvalue weighted by atomic mass is 10.0. The first-order valence-corrected chi connectivity index (χ1v) is 9.56. The smallest absolute Gasteiger partial charge is 0.245 e. The number of nitrogens with zero attached hydrogens (tertiary/aromatic N) is 1. The molecule has 27 heavy (non-hydrogen) atoms. The molecule has 1 rings (SSSR count). The van der Waals surface area contributed by atoms with Crippen LogP contribution < -0.4 is 22.1 Å². The molecule has 0 saturated carbocycles. The molecule has 0 aromatic heterocycles. The zero-order chi connectivity index (χ0) is 20.6. The van der Waals surface area contributed by atoms with Crippen molar-refractivity contribution in [2.45, 2.75) is 71.0 Å². The third kappa shape index (κ3) is 6.82. The van der Waals surface area contributed by atoms with Crippen LogP contribution >= 0.6 is 0 Å². The summed E-state index contributed by atoms with van der Waals surface area (Å²) in [4.78, 5) is 50.1. The number of nitrogens with one attached hydrogen (secondary N) is 2. The molecular formula is C18H33N5O4. The molecule has 9 nitrogen and oxygen atoms in total. The Hall–Kier alpha value is -2.16. The Kier molecular flexibility index (Phi) is 9.20. The normalized spacial score (nSPS) is 18.9. The number of rotatable bonds is 10. The van der Waals surface area contributed by atoms with Crippen LogP contribution in [0.2, 0.25) is 0 Å². The minimum Gasteiger partial charge on any atom is -0.368 e. The van der Waals surface area contributed by atoms with Crippen LogP contribution in [-0.4, -0.2) is 59.7 Å². The highest BCUT2D eigenvalue weighted by atomic mass is 16.2. The number of likely N-dealkylation sites (tertiary alicyclic amines) is 1. The minimum atomic E-state index is -0.786. The molecule has 154 valence electrons. The molecule has 0 aromatic rings. The fraction of sp³-hybridized carbons (Fsp3) is 0.778. The van der Waals surface area contributed by atoms with Crippen LogP contribution in [0.5, 0.6) is 0 Å². The number of carbonyl (C=O) groups excluding carboxylic acids is 4. The van der Waals surface area contributed by atoms with Crippen LogP contribution in [0.25, 0.3) is 0 Å². The quantitative estimate of drug-likeness (QED) is 0.366. The molecule has 4 amide bonds. The van der Waals surface area contributed by atoms with Crippen molar-refractivity contribution in [1.82, 2.24) is 15.5 Å². The van der Waals surface area contributed by atoms with Crippen LogP contribution in [-0.2, 0) is 19.2 Å². The van der Waals surface area contributed by atoms with Gasteiger partial charge in [-0.25, -0.2) is 0 Å². The van der Waals surface area contributed by atoms with Gasteiger partial charge in [-0.1, -0.05) is 13.8 Å². The van der Waals surface area contributed by atoms with Crippen LogP contribution in [0.3, 0.4) is 0 Å². The van der Waals surface area contributed by atoms with E-state index >= 15 is 0 Å². The van der Waals surface area contributed by atoms with Crippen molar-refractivity contribution in [3.63, 3.8) is 0 Å². The van der Waals surface area contributed by atoms with Crippen LogP contribution in [0.15, 0.2) is 0 Å². The van der Waals surface area contributed by atoms with Crippen molar-refractivity contribution >= 4 is 23.6 Å². The van der Waals surface area contributed by atoms with Crippen molar-refractivity contribution in [3.05, 3.63) is 0 Å². The third-order valence-corrected chi connectivity index (χ3v) is 4.73. The number of unbranched alkanes of at least 4 members (excludes halogenated alkanes) is 1. The van der Waals surface area contributed by atoms with E-state index in [9.17, 15) is 19.2 Å². The zero-order valence-corrected chi connectivity index (χ0v) is 16.5. The first-order chi connectivity index (χ1) is 12.7. The maximum absolute atomic E-state index is 13.0. The van der Waals surface area contributed by atoms with E-state index in [0.29, 0.717) is 38.8 Å². The molecule has 0 radical (unpaired) electrons. The summed E-state index contributed by atoms with van der Waals surface area (Å²) in [6.07, 6.45) is 3.12. The van der Waals surface area contributed by atoms with Crippen molar-refractivity contribution in [2.75, 3.05) is 13.1 Å². The van der Waals surface area contributed by atoms with Gasteiger partial charge in [0.2, 0.25) is 23.6 Å². The second-order valence-corrected chi connectivity index (χ2v) is 7.36. The fourth-order valence-electron chi connectivity index (χ4n) is 3.31. The van der Waals surface area contributed by atoms with Gasteiger partial charge in [0.05, 0.1) is 0 Å². The second-order valence-electron chi connectivity index (χ2n) is 7.36. The van der Waals surface area contributed by atoms with Crippen LogP contribution in [0.1, 0.15) is 52.9 Å². The summed E-state index contributed by atoms with van der Waals surface area (Å²) >= 11 is 0. The van der Waals surface area contributed by atoms with Crippen molar-refractivity contribution in [1.29, 1.82) is 0 Å². The molecule has 3 atom stereocenters. The summed E-state index contributed by atoms with van der Waals surface area (Å²) in [5, 5.41) is 5.34. The SMILES string of the molecule is CC(=O)N[C@H](CCCCN)C(=O)N1CCC[C@H]1C(=O)N[C@@H](C(N)=O)C(C)C. The van der Waals surface area contributed by atoms with Gasteiger partial charge < -0.3 is 27.0 Å².